The van der Waals surface area contributed by atoms with Crippen LogP contribution in [-0.4, -0.2) is 8.42 Å². The summed E-state index contributed by atoms with van der Waals surface area (Å²) in [5.74, 6) is -0.336. The smallest absolute Gasteiger partial charge is 0.212 e. The molecule has 0 N–H and O–H groups in total. The summed E-state index contributed by atoms with van der Waals surface area (Å²) < 4.78 is 22.4. The van der Waals surface area contributed by atoms with Crippen LogP contribution >= 0.6 is 26.6 Å². The van der Waals surface area contributed by atoms with Crippen molar-refractivity contribution in [1.82, 2.24) is 0 Å². The molecule has 1 aromatic rings. The largest absolute Gasteiger partial charge is 0.236 e. The zero-order valence-electron chi connectivity index (χ0n) is 6.87. The number of nitriles is 1. The van der Waals surface area contributed by atoms with Crippen LogP contribution in [0, 0.1) is 11.3 Å². The molecule has 14 heavy (non-hydrogen) atoms. The topological polar surface area (TPSA) is 57.9 Å². The van der Waals surface area contributed by atoms with E-state index >= 15 is 0 Å². The average Bonchev–Trinajstić information content (AvgIpc) is 2.01. The van der Waals surface area contributed by atoms with Crippen LogP contribution in [0.15, 0.2) is 22.7 Å². The van der Waals surface area contributed by atoms with Crippen molar-refractivity contribution >= 4 is 35.7 Å². The number of halogens is 2. The monoisotopic (exact) mass is 293 g/mol. The van der Waals surface area contributed by atoms with Gasteiger partial charge in [0.05, 0.1) is 17.4 Å². The molecule has 74 valence electrons. The molecule has 6 heteroatoms. The van der Waals surface area contributed by atoms with E-state index in [2.05, 4.69) is 15.9 Å². The second-order valence-electron chi connectivity index (χ2n) is 2.60. The van der Waals surface area contributed by atoms with E-state index in [-0.39, 0.29) is 5.75 Å². The van der Waals surface area contributed by atoms with Crippen LogP contribution < -0.4 is 0 Å². The molecular weight excluding hydrogens is 290 g/mol. The molecule has 0 saturated carbocycles. The van der Waals surface area contributed by atoms with Gasteiger partial charge in [-0.2, -0.15) is 5.26 Å². The highest BCUT2D eigenvalue weighted by Gasteiger charge is 2.11. The molecule has 3 nitrogen and oxygen atoms in total. The van der Waals surface area contributed by atoms with Crippen LogP contribution in [0.3, 0.4) is 0 Å². The fraction of sp³-hybridized carbons (Fsp3) is 0.125. The molecule has 0 aliphatic heterocycles. The van der Waals surface area contributed by atoms with Crippen LogP contribution in [-0.2, 0) is 14.8 Å². The third kappa shape index (κ3) is 3.29. The van der Waals surface area contributed by atoms with Gasteiger partial charge in [-0.25, -0.2) is 8.42 Å². The lowest BCUT2D eigenvalue weighted by Gasteiger charge is -2.01. The molecule has 0 aliphatic rings. The maximum atomic E-state index is 10.8. The zero-order valence-corrected chi connectivity index (χ0v) is 10.0. The van der Waals surface area contributed by atoms with E-state index in [1.54, 1.807) is 18.2 Å². The zero-order chi connectivity index (χ0) is 10.8. The summed E-state index contributed by atoms with van der Waals surface area (Å²) in [6, 6.07) is 6.68. The molecule has 0 radical (unpaired) electrons. The first-order chi connectivity index (χ1) is 6.42. The van der Waals surface area contributed by atoms with E-state index in [0.717, 1.165) is 0 Å². The van der Waals surface area contributed by atoms with Gasteiger partial charge in [-0.3, -0.25) is 0 Å². The van der Waals surface area contributed by atoms with Gasteiger partial charge in [-0.15, -0.1) is 0 Å². The molecule has 0 amide bonds. The molecule has 0 aromatic heterocycles. The van der Waals surface area contributed by atoms with E-state index in [0.29, 0.717) is 15.6 Å². The van der Waals surface area contributed by atoms with Crippen molar-refractivity contribution in [2.45, 2.75) is 5.75 Å². The second-order valence-corrected chi connectivity index (χ2v) is 6.29. The second kappa shape index (κ2) is 4.30. The van der Waals surface area contributed by atoms with E-state index in [1.165, 1.54) is 0 Å². The number of hydrogen-bond acceptors (Lipinski definition) is 3. The van der Waals surface area contributed by atoms with Crippen LogP contribution in [0.1, 0.15) is 11.1 Å². The fourth-order valence-electron chi connectivity index (χ4n) is 0.977. The van der Waals surface area contributed by atoms with Crippen molar-refractivity contribution in [2.75, 3.05) is 0 Å². The lowest BCUT2D eigenvalue weighted by molar-refractivity contribution is 0.609. The Bertz CT molecular complexity index is 493. The first kappa shape index (κ1) is 11.5. The van der Waals surface area contributed by atoms with E-state index in [4.69, 9.17) is 15.9 Å². The van der Waals surface area contributed by atoms with Crippen LogP contribution in [0.25, 0.3) is 0 Å². The Morgan fingerprint density at radius 2 is 2.14 bits per heavy atom. The minimum absolute atomic E-state index is 0.317. The highest BCUT2D eigenvalue weighted by molar-refractivity contribution is 9.10. The Labute approximate surface area is 94.9 Å². The highest BCUT2D eigenvalue weighted by atomic mass is 79.9. The summed E-state index contributed by atoms with van der Waals surface area (Å²) in [4.78, 5) is 0. The minimum Gasteiger partial charge on any atom is -0.212 e. The van der Waals surface area contributed by atoms with Crippen molar-refractivity contribution in [1.29, 1.82) is 5.26 Å². The molecule has 0 fully saturated rings. The van der Waals surface area contributed by atoms with Gasteiger partial charge in [0.15, 0.2) is 0 Å². The maximum Gasteiger partial charge on any atom is 0.236 e. The van der Waals surface area contributed by atoms with Crippen LogP contribution in [0.5, 0.6) is 0 Å². The molecule has 0 aliphatic carbocycles. The van der Waals surface area contributed by atoms with Gasteiger partial charge in [0.25, 0.3) is 0 Å². The molecule has 0 bridgehead atoms. The van der Waals surface area contributed by atoms with Crippen LogP contribution in [0.4, 0.5) is 0 Å². The minimum atomic E-state index is -3.63. The van der Waals surface area contributed by atoms with Gasteiger partial charge in [-0.1, -0.05) is 15.9 Å². The van der Waals surface area contributed by atoms with Gasteiger partial charge >= 0.3 is 0 Å². The molecule has 0 saturated heterocycles. The molecule has 1 aromatic carbocycles. The number of nitrogens with zero attached hydrogens (tertiary/aromatic N) is 1. The number of hydrogen-bond donors (Lipinski definition) is 0. The fourth-order valence-corrected chi connectivity index (χ4v) is 2.35. The molecular formula is C8H5BrClNO2S. The quantitative estimate of drug-likeness (QED) is 0.787. The van der Waals surface area contributed by atoms with Crippen molar-refractivity contribution in [3.05, 3.63) is 33.8 Å². The lowest BCUT2D eigenvalue weighted by Crippen LogP contribution is -1.97. The predicted molar refractivity (Wildman–Crippen MR) is 57.3 cm³/mol. The Kier molecular flexibility index (Phi) is 3.53. The Morgan fingerprint density at radius 1 is 1.50 bits per heavy atom. The van der Waals surface area contributed by atoms with Gasteiger partial charge < -0.3 is 0 Å². The summed E-state index contributed by atoms with van der Waals surface area (Å²) >= 11 is 3.19. The Balaban J connectivity index is 3.20. The van der Waals surface area contributed by atoms with Gasteiger partial charge in [0.2, 0.25) is 9.05 Å². The normalized spacial score (nSPS) is 10.9. The van der Waals surface area contributed by atoms with Crippen molar-refractivity contribution in [3.8, 4) is 6.07 Å². The Hall–Kier alpha value is -0.570. The molecule has 1 rings (SSSR count). The van der Waals surface area contributed by atoms with Gasteiger partial charge in [0, 0.05) is 15.2 Å². The van der Waals surface area contributed by atoms with E-state index in [9.17, 15) is 8.42 Å². The lowest BCUT2D eigenvalue weighted by atomic mass is 10.1. The first-order valence-corrected chi connectivity index (χ1v) is 6.80. The third-order valence-electron chi connectivity index (χ3n) is 1.52. The summed E-state index contributed by atoms with van der Waals surface area (Å²) in [6.45, 7) is 0. The molecule has 0 atom stereocenters. The SMILES string of the molecule is N#Cc1ccc(Br)cc1CS(=O)(=O)Cl. The van der Waals surface area contributed by atoms with Crippen molar-refractivity contribution in [3.63, 3.8) is 0 Å². The van der Waals surface area contributed by atoms with Crippen LogP contribution in [0.2, 0.25) is 0 Å². The van der Waals surface area contributed by atoms with Gasteiger partial charge in [0.1, 0.15) is 0 Å². The average molecular weight is 295 g/mol. The predicted octanol–water partition coefficient (Wildman–Crippen LogP) is 2.39. The highest BCUT2D eigenvalue weighted by Crippen LogP contribution is 2.19. The number of benzene rings is 1. The maximum absolute atomic E-state index is 10.8. The molecule has 0 unspecified atom stereocenters. The Morgan fingerprint density at radius 3 is 2.64 bits per heavy atom. The first-order valence-electron chi connectivity index (χ1n) is 3.53. The molecule has 0 spiro atoms. The summed E-state index contributed by atoms with van der Waals surface area (Å²) in [6.07, 6.45) is 0. The standard InChI is InChI=1S/C8H5BrClNO2S/c9-8-2-1-6(4-11)7(3-8)5-14(10,12)13/h1-3H,5H2. The van der Waals surface area contributed by atoms with Crippen molar-refractivity contribution in [2.24, 2.45) is 0 Å². The summed E-state index contributed by atoms with van der Waals surface area (Å²) in [5, 5.41) is 8.70. The van der Waals surface area contributed by atoms with E-state index in [1.807, 2.05) is 6.07 Å². The summed E-state index contributed by atoms with van der Waals surface area (Å²) in [5.41, 5.74) is 0.717. The molecule has 0 heterocycles. The van der Waals surface area contributed by atoms with Gasteiger partial charge in [-0.05, 0) is 23.8 Å². The van der Waals surface area contributed by atoms with Crippen molar-refractivity contribution < 1.29 is 8.42 Å². The summed E-state index contributed by atoms with van der Waals surface area (Å²) in [7, 11) is 1.47. The van der Waals surface area contributed by atoms with E-state index < -0.39 is 9.05 Å². The third-order valence-corrected chi connectivity index (χ3v) is 2.99. The number of rotatable bonds is 2.